The van der Waals surface area contributed by atoms with Gasteiger partial charge in [0.25, 0.3) is 0 Å². The molecule has 9 nitrogen and oxygen atoms in total. The van der Waals surface area contributed by atoms with Gasteiger partial charge in [-0.25, -0.2) is 9.97 Å². The largest absolute Gasteiger partial charge is 0.491 e. The maximum atomic E-state index is 13.3. The number of piperidine rings is 1. The number of halogens is 1. The number of fused-ring (bicyclic) bond motifs is 3. The molecule has 0 spiro atoms. The second kappa shape index (κ2) is 12.1. The summed E-state index contributed by atoms with van der Waals surface area (Å²) in [5, 5.41) is 4.59. The molecule has 38 heavy (non-hydrogen) atoms. The van der Waals surface area contributed by atoms with Crippen molar-refractivity contribution in [1.82, 2.24) is 24.8 Å². The molecule has 2 aromatic heterocycles. The second-order valence-corrected chi connectivity index (χ2v) is 11.9. The molecule has 0 radical (unpaired) electrons. The Kier molecular flexibility index (Phi) is 8.59. The van der Waals surface area contributed by atoms with Crippen molar-refractivity contribution in [3.05, 3.63) is 42.6 Å². The normalized spacial score (nSPS) is 22.7. The molecule has 1 saturated heterocycles. The quantitative estimate of drug-likeness (QED) is 0.256. The highest BCUT2D eigenvalue weighted by Gasteiger charge is 2.34. The number of alkyl halides is 1. The standard InChI is InChI=1S/C28H35IN6O3/c1-4-9-37-17-26-31-12-18(13-32-26)22-5-6-24-23-10-21(14-30-24)33-20-7-8-34(2)25(11-20)28(36)35(3)15-19(29)16-38-27(22)23/h5-6,10,12-14,19-20,25,33H,4,7-9,11,15-17H2,1-3H3/t19?,20-,25-/m0/s1. The fraction of sp³-hybridized carbons (Fsp3) is 0.500. The van der Waals surface area contributed by atoms with E-state index in [0.717, 1.165) is 59.3 Å². The number of nitrogens with one attached hydrogen (secondary N) is 1. The number of pyridine rings is 1. The van der Waals surface area contributed by atoms with Gasteiger partial charge in [0.1, 0.15) is 19.0 Å². The highest BCUT2D eigenvalue weighted by Crippen LogP contribution is 2.38. The van der Waals surface area contributed by atoms with Crippen molar-refractivity contribution in [3.63, 3.8) is 0 Å². The fourth-order valence-electron chi connectivity index (χ4n) is 5.12. The number of aromatic nitrogens is 3. The molecule has 4 heterocycles. The Bertz CT molecular complexity index is 1270. The third-order valence-corrected chi connectivity index (χ3v) is 7.95. The van der Waals surface area contributed by atoms with Crippen LogP contribution in [-0.2, 0) is 16.1 Å². The fourth-order valence-corrected chi connectivity index (χ4v) is 5.89. The number of rotatable bonds is 5. The predicted molar refractivity (Wildman–Crippen MR) is 157 cm³/mol. The summed E-state index contributed by atoms with van der Waals surface area (Å²) in [6.07, 6.45) is 8.21. The van der Waals surface area contributed by atoms with Gasteiger partial charge in [-0.3, -0.25) is 14.7 Å². The van der Waals surface area contributed by atoms with Crippen LogP contribution in [-0.4, -0.2) is 87.1 Å². The van der Waals surface area contributed by atoms with Crippen molar-refractivity contribution in [3.8, 4) is 16.9 Å². The predicted octanol–water partition coefficient (Wildman–Crippen LogP) is 4.15. The number of carbonyl (C=O) groups is 1. The van der Waals surface area contributed by atoms with Crippen LogP contribution in [0.5, 0.6) is 5.75 Å². The van der Waals surface area contributed by atoms with E-state index in [1.807, 2.05) is 49.7 Å². The zero-order valence-corrected chi connectivity index (χ0v) is 24.3. The van der Waals surface area contributed by atoms with E-state index in [1.165, 1.54) is 0 Å². The second-order valence-electron chi connectivity index (χ2n) is 10.2. The first-order chi connectivity index (χ1) is 18.4. The van der Waals surface area contributed by atoms with E-state index in [1.54, 1.807) is 0 Å². The minimum absolute atomic E-state index is 0.112. The summed E-state index contributed by atoms with van der Waals surface area (Å²) in [5.41, 5.74) is 3.58. The summed E-state index contributed by atoms with van der Waals surface area (Å²) in [6.45, 7) is 5.10. The molecule has 1 N–H and O–H groups in total. The number of carbonyl (C=O) groups excluding carboxylic acids is 1. The third-order valence-electron chi connectivity index (χ3n) is 7.19. The maximum Gasteiger partial charge on any atom is 0.239 e. The van der Waals surface area contributed by atoms with Gasteiger partial charge in [0.15, 0.2) is 5.82 Å². The first-order valence-electron chi connectivity index (χ1n) is 13.2. The summed E-state index contributed by atoms with van der Waals surface area (Å²) < 4.78 is 12.2. The minimum Gasteiger partial charge on any atom is -0.491 e. The van der Waals surface area contributed by atoms with Crippen molar-refractivity contribution in [2.24, 2.45) is 0 Å². The number of nitrogens with zero attached hydrogens (tertiary/aromatic N) is 5. The summed E-state index contributed by atoms with van der Waals surface area (Å²) >= 11 is 2.38. The van der Waals surface area contributed by atoms with Crippen molar-refractivity contribution in [1.29, 1.82) is 0 Å². The van der Waals surface area contributed by atoms with E-state index in [9.17, 15) is 4.79 Å². The van der Waals surface area contributed by atoms with E-state index >= 15 is 0 Å². The van der Waals surface area contributed by atoms with Gasteiger partial charge >= 0.3 is 0 Å². The van der Waals surface area contributed by atoms with Gasteiger partial charge in [0.05, 0.1) is 27.4 Å². The van der Waals surface area contributed by atoms with E-state index < -0.39 is 0 Å². The van der Waals surface area contributed by atoms with Crippen LogP contribution in [0.4, 0.5) is 5.69 Å². The lowest BCUT2D eigenvalue weighted by Crippen LogP contribution is -2.53. The summed E-state index contributed by atoms with van der Waals surface area (Å²) in [7, 11) is 3.94. The Balaban J connectivity index is 1.52. The van der Waals surface area contributed by atoms with Gasteiger partial charge < -0.3 is 19.7 Å². The Morgan fingerprint density at radius 2 is 2.00 bits per heavy atom. The number of anilines is 1. The highest BCUT2D eigenvalue weighted by atomic mass is 127. The first-order valence-corrected chi connectivity index (χ1v) is 14.5. The molecule has 1 amide bonds. The van der Waals surface area contributed by atoms with Gasteiger partial charge in [0.2, 0.25) is 5.91 Å². The lowest BCUT2D eigenvalue weighted by atomic mass is 9.96. The Morgan fingerprint density at radius 1 is 1.18 bits per heavy atom. The molecule has 4 bridgehead atoms. The van der Waals surface area contributed by atoms with Crippen molar-refractivity contribution in [2.75, 3.05) is 45.7 Å². The molecule has 2 aliphatic heterocycles. The van der Waals surface area contributed by atoms with Crippen molar-refractivity contribution >= 4 is 45.1 Å². The van der Waals surface area contributed by atoms with Crippen LogP contribution < -0.4 is 10.1 Å². The average molecular weight is 631 g/mol. The molecular weight excluding hydrogens is 595 g/mol. The van der Waals surface area contributed by atoms with Gasteiger partial charge in [0, 0.05) is 61.7 Å². The van der Waals surface area contributed by atoms with Gasteiger partial charge in [-0.1, -0.05) is 29.5 Å². The average Bonchev–Trinajstić information content (AvgIpc) is 2.92. The molecule has 3 aromatic rings. The van der Waals surface area contributed by atoms with E-state index in [2.05, 4.69) is 55.8 Å². The summed E-state index contributed by atoms with van der Waals surface area (Å²) in [6, 6.07) is 6.21. The Morgan fingerprint density at radius 3 is 2.79 bits per heavy atom. The zero-order chi connectivity index (χ0) is 26.6. The molecule has 0 aliphatic carbocycles. The van der Waals surface area contributed by atoms with Crippen LogP contribution in [0.1, 0.15) is 32.0 Å². The number of likely N-dealkylation sites (tertiary alicyclic amines) is 1. The van der Waals surface area contributed by atoms with Gasteiger partial charge in [-0.15, -0.1) is 0 Å². The van der Waals surface area contributed by atoms with Crippen LogP contribution in [0.15, 0.2) is 36.8 Å². The van der Waals surface area contributed by atoms with Crippen LogP contribution in [0, 0.1) is 0 Å². The molecule has 10 heteroatoms. The molecule has 0 saturated carbocycles. The minimum atomic E-state index is -0.135. The van der Waals surface area contributed by atoms with Crippen LogP contribution >= 0.6 is 22.6 Å². The highest BCUT2D eigenvalue weighted by molar-refractivity contribution is 14.1. The van der Waals surface area contributed by atoms with Gasteiger partial charge in [-0.05, 0) is 44.5 Å². The number of likely N-dealkylation sites (N-methyl/N-ethyl adjacent to an activating group) is 2. The molecule has 1 fully saturated rings. The number of hydrogen-bond acceptors (Lipinski definition) is 8. The SMILES string of the molecule is CCCOCc1ncc(-c2ccc3ncc4cc3c2OCC(I)CN(C)C(=O)[C@@H]2C[C@H](CCN2C)N4)cn1. The number of benzene rings is 1. The monoisotopic (exact) mass is 630 g/mol. The Labute approximate surface area is 237 Å². The van der Waals surface area contributed by atoms with Crippen LogP contribution in [0.2, 0.25) is 0 Å². The van der Waals surface area contributed by atoms with E-state index in [-0.39, 0.29) is 21.9 Å². The Hall–Kier alpha value is -2.57. The molecule has 202 valence electrons. The van der Waals surface area contributed by atoms with Crippen molar-refractivity contribution < 1.29 is 14.3 Å². The van der Waals surface area contributed by atoms with Crippen LogP contribution in [0.25, 0.3) is 22.0 Å². The summed E-state index contributed by atoms with van der Waals surface area (Å²) in [4.78, 5) is 31.2. The van der Waals surface area contributed by atoms with Crippen molar-refractivity contribution in [2.45, 2.75) is 48.8 Å². The first kappa shape index (κ1) is 27.0. The molecule has 3 atom stereocenters. The van der Waals surface area contributed by atoms with Gasteiger partial charge in [-0.2, -0.15) is 0 Å². The number of ether oxygens (including phenoxy) is 2. The number of amides is 1. The van der Waals surface area contributed by atoms with E-state index in [4.69, 9.17) is 14.5 Å². The molecule has 1 aromatic carbocycles. The molecule has 1 unspecified atom stereocenters. The summed E-state index contributed by atoms with van der Waals surface area (Å²) in [5.74, 6) is 1.57. The topological polar surface area (TPSA) is 92.7 Å². The molecular formula is C28H35IN6O3. The smallest absolute Gasteiger partial charge is 0.239 e. The lowest BCUT2D eigenvalue weighted by molar-refractivity contribution is -0.136. The molecule has 2 aliphatic rings. The lowest BCUT2D eigenvalue weighted by Gasteiger charge is -2.39. The zero-order valence-electron chi connectivity index (χ0n) is 22.2. The number of hydrogen-bond donors (Lipinski definition) is 1. The maximum absolute atomic E-state index is 13.3. The van der Waals surface area contributed by atoms with Crippen LogP contribution in [0.3, 0.4) is 0 Å². The molecule has 5 rings (SSSR count). The van der Waals surface area contributed by atoms with E-state index in [0.29, 0.717) is 32.2 Å². The third kappa shape index (κ3) is 6.02.